The van der Waals surface area contributed by atoms with Gasteiger partial charge in [-0.2, -0.15) is 0 Å². The van der Waals surface area contributed by atoms with Crippen LogP contribution in [-0.2, 0) is 9.53 Å². The first kappa shape index (κ1) is 12.6. The molecule has 1 N–H and O–H groups in total. The molecule has 5 heteroatoms. The smallest absolute Gasteiger partial charge is 0.379 e. The minimum absolute atomic E-state index is 0.0229. The van der Waals surface area contributed by atoms with E-state index in [2.05, 4.69) is 4.74 Å². The van der Waals surface area contributed by atoms with Gasteiger partial charge in [0.15, 0.2) is 0 Å². The SMILES string of the molecule is CCOC(=O)C(=O)c1cc(SC)ccc1O. The molecule has 0 heterocycles. The zero-order valence-electron chi connectivity index (χ0n) is 9.02. The van der Waals surface area contributed by atoms with Gasteiger partial charge in [0, 0.05) is 4.90 Å². The molecule has 0 atom stereocenters. The number of carbonyl (C=O) groups is 2. The van der Waals surface area contributed by atoms with Gasteiger partial charge in [-0.05, 0) is 31.4 Å². The maximum atomic E-state index is 11.6. The van der Waals surface area contributed by atoms with Gasteiger partial charge in [-0.3, -0.25) is 4.79 Å². The van der Waals surface area contributed by atoms with Crippen LogP contribution in [0.4, 0.5) is 0 Å². The normalized spacial score (nSPS) is 9.88. The summed E-state index contributed by atoms with van der Waals surface area (Å²) in [5, 5.41) is 9.48. The van der Waals surface area contributed by atoms with E-state index in [1.165, 1.54) is 23.9 Å². The van der Waals surface area contributed by atoms with Gasteiger partial charge in [0.25, 0.3) is 5.78 Å². The number of phenols is 1. The van der Waals surface area contributed by atoms with E-state index in [0.717, 1.165) is 4.90 Å². The van der Waals surface area contributed by atoms with E-state index >= 15 is 0 Å². The molecule has 4 nitrogen and oxygen atoms in total. The molecule has 0 amide bonds. The van der Waals surface area contributed by atoms with E-state index in [1.807, 2.05) is 6.26 Å². The van der Waals surface area contributed by atoms with Crippen molar-refractivity contribution in [3.8, 4) is 5.75 Å². The second-order valence-electron chi connectivity index (χ2n) is 2.93. The number of carbonyl (C=O) groups excluding carboxylic acids is 2. The molecule has 0 aliphatic carbocycles. The molecule has 0 spiro atoms. The summed E-state index contributed by atoms with van der Waals surface area (Å²) < 4.78 is 4.58. The van der Waals surface area contributed by atoms with Gasteiger partial charge in [0.05, 0.1) is 12.2 Å². The predicted molar refractivity (Wildman–Crippen MR) is 60.9 cm³/mol. The van der Waals surface area contributed by atoms with Crippen molar-refractivity contribution in [3.05, 3.63) is 23.8 Å². The Kier molecular flexibility index (Phi) is 4.37. The van der Waals surface area contributed by atoms with E-state index < -0.39 is 11.8 Å². The number of phenolic OH excluding ortho intramolecular Hbond substituents is 1. The Hall–Kier alpha value is -1.49. The van der Waals surface area contributed by atoms with Crippen LogP contribution in [0, 0.1) is 0 Å². The fourth-order valence-corrected chi connectivity index (χ4v) is 1.57. The standard InChI is InChI=1S/C11H12O4S/c1-3-15-11(14)10(13)8-6-7(16-2)4-5-9(8)12/h4-6,12H,3H2,1-2H3. The largest absolute Gasteiger partial charge is 0.507 e. The highest BCUT2D eigenvalue weighted by Gasteiger charge is 2.21. The van der Waals surface area contributed by atoms with Gasteiger partial charge in [-0.15, -0.1) is 11.8 Å². The van der Waals surface area contributed by atoms with Crippen molar-refractivity contribution in [2.45, 2.75) is 11.8 Å². The fourth-order valence-electron chi connectivity index (χ4n) is 1.13. The number of ketones is 1. The quantitative estimate of drug-likeness (QED) is 0.376. The lowest BCUT2D eigenvalue weighted by Crippen LogP contribution is -2.17. The second kappa shape index (κ2) is 5.55. The first-order valence-electron chi connectivity index (χ1n) is 4.68. The van der Waals surface area contributed by atoms with Crippen LogP contribution in [0.2, 0.25) is 0 Å². The number of thioether (sulfide) groups is 1. The monoisotopic (exact) mass is 240 g/mol. The van der Waals surface area contributed by atoms with Crippen LogP contribution in [0.25, 0.3) is 0 Å². The van der Waals surface area contributed by atoms with Gasteiger partial charge < -0.3 is 9.84 Å². The summed E-state index contributed by atoms with van der Waals surface area (Å²) in [6.45, 7) is 1.75. The van der Waals surface area contributed by atoms with Gasteiger partial charge in [-0.1, -0.05) is 0 Å². The molecule has 1 aromatic rings. The van der Waals surface area contributed by atoms with Gasteiger partial charge >= 0.3 is 5.97 Å². The fraction of sp³-hybridized carbons (Fsp3) is 0.273. The summed E-state index contributed by atoms with van der Waals surface area (Å²) in [7, 11) is 0. The molecular formula is C11H12O4S. The third-order valence-electron chi connectivity index (χ3n) is 1.91. The zero-order valence-corrected chi connectivity index (χ0v) is 9.84. The third-order valence-corrected chi connectivity index (χ3v) is 2.63. The lowest BCUT2D eigenvalue weighted by molar-refractivity contribution is -0.137. The molecular weight excluding hydrogens is 228 g/mol. The van der Waals surface area contributed by atoms with Crippen LogP contribution in [0.15, 0.2) is 23.1 Å². The Morgan fingerprint density at radius 2 is 2.12 bits per heavy atom. The lowest BCUT2D eigenvalue weighted by atomic mass is 10.1. The van der Waals surface area contributed by atoms with Crippen LogP contribution >= 0.6 is 11.8 Å². The van der Waals surface area contributed by atoms with Crippen LogP contribution in [0.3, 0.4) is 0 Å². The molecule has 0 unspecified atom stereocenters. The number of hydrogen-bond donors (Lipinski definition) is 1. The predicted octanol–water partition coefficient (Wildman–Crippen LogP) is 1.86. The highest BCUT2D eigenvalue weighted by molar-refractivity contribution is 7.98. The number of ether oxygens (including phenoxy) is 1. The highest BCUT2D eigenvalue weighted by Crippen LogP contribution is 2.24. The second-order valence-corrected chi connectivity index (χ2v) is 3.81. The topological polar surface area (TPSA) is 63.6 Å². The molecule has 0 saturated carbocycles. The van der Waals surface area contributed by atoms with Crippen LogP contribution in [0.1, 0.15) is 17.3 Å². The average molecular weight is 240 g/mol. The number of esters is 1. The van der Waals surface area contributed by atoms with Crippen molar-refractivity contribution in [1.29, 1.82) is 0 Å². The van der Waals surface area contributed by atoms with Crippen molar-refractivity contribution in [2.24, 2.45) is 0 Å². The molecule has 0 fully saturated rings. The van der Waals surface area contributed by atoms with Crippen molar-refractivity contribution >= 4 is 23.5 Å². The number of hydrogen-bond acceptors (Lipinski definition) is 5. The van der Waals surface area contributed by atoms with E-state index in [4.69, 9.17) is 0 Å². The number of benzene rings is 1. The number of Topliss-reactive ketones (excluding diaryl/α,β-unsaturated/α-hetero) is 1. The first-order valence-corrected chi connectivity index (χ1v) is 5.91. The molecule has 0 aliphatic heterocycles. The summed E-state index contributed by atoms with van der Waals surface area (Å²) in [6.07, 6.45) is 1.84. The Labute approximate surface area is 97.6 Å². The van der Waals surface area contributed by atoms with Crippen LogP contribution in [0.5, 0.6) is 5.75 Å². The average Bonchev–Trinajstić information content (AvgIpc) is 2.29. The summed E-state index contributed by atoms with van der Waals surface area (Å²) in [4.78, 5) is 23.6. The van der Waals surface area contributed by atoms with Gasteiger partial charge in [0.2, 0.25) is 0 Å². The molecule has 16 heavy (non-hydrogen) atoms. The van der Waals surface area contributed by atoms with Crippen molar-refractivity contribution in [1.82, 2.24) is 0 Å². The molecule has 1 aromatic carbocycles. The van der Waals surface area contributed by atoms with Gasteiger partial charge in [-0.25, -0.2) is 4.79 Å². The van der Waals surface area contributed by atoms with Crippen molar-refractivity contribution < 1.29 is 19.4 Å². The maximum absolute atomic E-state index is 11.6. The third kappa shape index (κ3) is 2.76. The minimum Gasteiger partial charge on any atom is -0.507 e. The Morgan fingerprint density at radius 3 is 2.69 bits per heavy atom. The minimum atomic E-state index is -0.948. The molecule has 1 rings (SSSR count). The first-order chi connectivity index (χ1) is 7.60. The Bertz CT molecular complexity index is 414. The van der Waals surface area contributed by atoms with E-state index in [1.54, 1.807) is 13.0 Å². The van der Waals surface area contributed by atoms with Crippen molar-refractivity contribution in [3.63, 3.8) is 0 Å². The van der Waals surface area contributed by atoms with E-state index in [0.29, 0.717) is 0 Å². The summed E-state index contributed by atoms with van der Waals surface area (Å²) in [5.74, 6) is -1.98. The molecule has 0 bridgehead atoms. The lowest BCUT2D eigenvalue weighted by Gasteiger charge is -2.05. The highest BCUT2D eigenvalue weighted by atomic mass is 32.2. The summed E-state index contributed by atoms with van der Waals surface area (Å²) >= 11 is 1.42. The Morgan fingerprint density at radius 1 is 1.44 bits per heavy atom. The number of rotatable bonds is 4. The van der Waals surface area contributed by atoms with E-state index in [-0.39, 0.29) is 17.9 Å². The molecule has 0 saturated heterocycles. The zero-order chi connectivity index (χ0) is 12.1. The summed E-state index contributed by atoms with van der Waals surface area (Å²) in [6, 6.07) is 4.53. The molecule has 86 valence electrons. The Balaban J connectivity index is 3.02. The van der Waals surface area contributed by atoms with Crippen LogP contribution < -0.4 is 0 Å². The van der Waals surface area contributed by atoms with Gasteiger partial charge in [0.1, 0.15) is 5.75 Å². The molecule has 0 aliphatic rings. The maximum Gasteiger partial charge on any atom is 0.379 e. The summed E-state index contributed by atoms with van der Waals surface area (Å²) in [5.41, 5.74) is -0.0229. The van der Waals surface area contributed by atoms with Crippen molar-refractivity contribution in [2.75, 3.05) is 12.9 Å². The van der Waals surface area contributed by atoms with E-state index in [9.17, 15) is 14.7 Å². The number of aromatic hydroxyl groups is 1. The molecule has 0 aromatic heterocycles. The molecule has 0 radical (unpaired) electrons. The van der Waals surface area contributed by atoms with Crippen LogP contribution in [-0.4, -0.2) is 29.7 Å².